The van der Waals surface area contributed by atoms with Gasteiger partial charge in [-0.2, -0.15) is 5.26 Å². The molecule has 0 aromatic carbocycles. The predicted octanol–water partition coefficient (Wildman–Crippen LogP) is 3.17. The summed E-state index contributed by atoms with van der Waals surface area (Å²) in [5, 5.41) is 8.88. The molecule has 0 aliphatic heterocycles. The van der Waals surface area contributed by atoms with Crippen LogP contribution >= 0.6 is 0 Å². The molecule has 0 saturated carbocycles. The second kappa shape index (κ2) is 4.76. The topological polar surface area (TPSA) is 36.7 Å². The highest BCUT2D eigenvalue weighted by atomic mass is 14.7. The Bertz CT molecular complexity index is 350. The van der Waals surface area contributed by atoms with Crippen LogP contribution < -0.4 is 0 Å². The SMILES string of the molecule is CCCC(C)c1nccc(C#N)c1C. The summed E-state index contributed by atoms with van der Waals surface area (Å²) in [6, 6.07) is 3.97. The van der Waals surface area contributed by atoms with Gasteiger partial charge >= 0.3 is 0 Å². The third kappa shape index (κ3) is 2.11. The molecule has 0 saturated heterocycles. The first kappa shape index (κ1) is 10.7. The van der Waals surface area contributed by atoms with Crippen LogP contribution in [0.4, 0.5) is 0 Å². The molecule has 14 heavy (non-hydrogen) atoms. The quantitative estimate of drug-likeness (QED) is 0.730. The van der Waals surface area contributed by atoms with Crippen LogP contribution in [-0.4, -0.2) is 4.98 Å². The van der Waals surface area contributed by atoms with Gasteiger partial charge in [-0.3, -0.25) is 4.98 Å². The summed E-state index contributed by atoms with van der Waals surface area (Å²) in [6.07, 6.45) is 4.01. The minimum Gasteiger partial charge on any atom is -0.261 e. The van der Waals surface area contributed by atoms with Crippen molar-refractivity contribution < 1.29 is 0 Å². The van der Waals surface area contributed by atoms with Gasteiger partial charge in [-0.15, -0.1) is 0 Å². The van der Waals surface area contributed by atoms with Crippen molar-refractivity contribution >= 4 is 0 Å². The molecule has 0 fully saturated rings. The Morgan fingerprint density at radius 1 is 1.57 bits per heavy atom. The summed E-state index contributed by atoms with van der Waals surface area (Å²) in [5.74, 6) is 0.452. The lowest BCUT2D eigenvalue weighted by Crippen LogP contribution is -2.01. The fraction of sp³-hybridized carbons (Fsp3) is 0.500. The van der Waals surface area contributed by atoms with Crippen molar-refractivity contribution in [2.24, 2.45) is 0 Å². The fourth-order valence-electron chi connectivity index (χ4n) is 1.74. The molecule has 0 aliphatic carbocycles. The van der Waals surface area contributed by atoms with Crippen molar-refractivity contribution in [1.82, 2.24) is 4.98 Å². The standard InChI is InChI=1S/C12H16N2/c1-4-5-9(2)12-10(3)11(8-13)6-7-14-12/h6-7,9H,4-5H2,1-3H3. The summed E-state index contributed by atoms with van der Waals surface area (Å²) in [7, 11) is 0. The van der Waals surface area contributed by atoms with Crippen LogP contribution in [0.5, 0.6) is 0 Å². The van der Waals surface area contributed by atoms with Gasteiger partial charge in [0, 0.05) is 11.9 Å². The number of aromatic nitrogens is 1. The summed E-state index contributed by atoms with van der Waals surface area (Å²) in [5.41, 5.74) is 2.86. The zero-order valence-corrected chi connectivity index (χ0v) is 9.04. The van der Waals surface area contributed by atoms with Crippen LogP contribution in [0.25, 0.3) is 0 Å². The van der Waals surface area contributed by atoms with E-state index in [1.165, 1.54) is 0 Å². The first-order valence-corrected chi connectivity index (χ1v) is 5.06. The van der Waals surface area contributed by atoms with E-state index in [2.05, 4.69) is 24.9 Å². The zero-order chi connectivity index (χ0) is 10.6. The van der Waals surface area contributed by atoms with E-state index in [1.54, 1.807) is 12.3 Å². The maximum Gasteiger partial charge on any atom is 0.0995 e. The molecule has 1 aromatic heterocycles. The Balaban J connectivity index is 3.04. The van der Waals surface area contributed by atoms with E-state index in [0.29, 0.717) is 5.92 Å². The molecule has 1 heterocycles. The summed E-state index contributed by atoms with van der Waals surface area (Å²) >= 11 is 0. The zero-order valence-electron chi connectivity index (χ0n) is 9.04. The molecule has 0 N–H and O–H groups in total. The van der Waals surface area contributed by atoms with Gasteiger partial charge in [-0.1, -0.05) is 20.3 Å². The Kier molecular flexibility index (Phi) is 3.64. The number of nitrogens with zero attached hydrogens (tertiary/aromatic N) is 2. The molecule has 0 amide bonds. The van der Waals surface area contributed by atoms with Gasteiger partial charge < -0.3 is 0 Å². The van der Waals surface area contributed by atoms with E-state index in [1.807, 2.05) is 6.92 Å². The molecule has 0 spiro atoms. The number of rotatable bonds is 3. The lowest BCUT2D eigenvalue weighted by atomic mass is 9.96. The monoisotopic (exact) mass is 188 g/mol. The fourth-order valence-corrected chi connectivity index (χ4v) is 1.74. The Labute approximate surface area is 85.6 Å². The van der Waals surface area contributed by atoms with Crippen LogP contribution in [0.1, 0.15) is 49.4 Å². The van der Waals surface area contributed by atoms with E-state index >= 15 is 0 Å². The van der Waals surface area contributed by atoms with Crippen molar-refractivity contribution in [3.05, 3.63) is 29.1 Å². The van der Waals surface area contributed by atoms with Gasteiger partial charge in [0.05, 0.1) is 11.6 Å². The summed E-state index contributed by atoms with van der Waals surface area (Å²) < 4.78 is 0. The number of pyridine rings is 1. The first-order chi connectivity index (χ1) is 6.70. The third-order valence-corrected chi connectivity index (χ3v) is 2.55. The van der Waals surface area contributed by atoms with Crippen molar-refractivity contribution in [2.45, 2.75) is 39.5 Å². The van der Waals surface area contributed by atoms with E-state index in [9.17, 15) is 0 Å². The first-order valence-electron chi connectivity index (χ1n) is 5.06. The van der Waals surface area contributed by atoms with E-state index in [-0.39, 0.29) is 0 Å². The van der Waals surface area contributed by atoms with E-state index in [0.717, 1.165) is 29.7 Å². The minimum absolute atomic E-state index is 0.452. The average molecular weight is 188 g/mol. The highest BCUT2D eigenvalue weighted by molar-refractivity contribution is 5.39. The van der Waals surface area contributed by atoms with E-state index in [4.69, 9.17) is 5.26 Å². The van der Waals surface area contributed by atoms with Crippen LogP contribution in [0.15, 0.2) is 12.3 Å². The van der Waals surface area contributed by atoms with Crippen molar-refractivity contribution in [3.8, 4) is 6.07 Å². The molecule has 1 atom stereocenters. The molecule has 0 bridgehead atoms. The van der Waals surface area contributed by atoms with Gasteiger partial charge in [0.15, 0.2) is 0 Å². The Hall–Kier alpha value is -1.36. The highest BCUT2D eigenvalue weighted by Gasteiger charge is 2.11. The van der Waals surface area contributed by atoms with Gasteiger partial charge in [0.25, 0.3) is 0 Å². The van der Waals surface area contributed by atoms with E-state index < -0.39 is 0 Å². The summed E-state index contributed by atoms with van der Waals surface area (Å²) in [4.78, 5) is 4.35. The number of hydrogen-bond acceptors (Lipinski definition) is 2. The van der Waals surface area contributed by atoms with Crippen molar-refractivity contribution in [2.75, 3.05) is 0 Å². The smallest absolute Gasteiger partial charge is 0.0995 e. The Morgan fingerprint density at radius 2 is 2.29 bits per heavy atom. The van der Waals surface area contributed by atoms with Crippen molar-refractivity contribution in [3.63, 3.8) is 0 Å². The average Bonchev–Trinajstić information content (AvgIpc) is 2.18. The molecule has 0 aliphatic rings. The van der Waals surface area contributed by atoms with Crippen LogP contribution in [0.2, 0.25) is 0 Å². The molecular formula is C12H16N2. The molecular weight excluding hydrogens is 172 g/mol. The number of hydrogen-bond donors (Lipinski definition) is 0. The molecule has 2 nitrogen and oxygen atoms in total. The highest BCUT2D eigenvalue weighted by Crippen LogP contribution is 2.23. The predicted molar refractivity (Wildman–Crippen MR) is 57.0 cm³/mol. The molecule has 1 rings (SSSR count). The third-order valence-electron chi connectivity index (χ3n) is 2.55. The second-order valence-electron chi connectivity index (χ2n) is 3.67. The second-order valence-corrected chi connectivity index (χ2v) is 3.67. The molecule has 74 valence electrons. The largest absolute Gasteiger partial charge is 0.261 e. The maximum atomic E-state index is 8.88. The van der Waals surface area contributed by atoms with Crippen LogP contribution in [0.3, 0.4) is 0 Å². The van der Waals surface area contributed by atoms with Gasteiger partial charge in [-0.25, -0.2) is 0 Å². The van der Waals surface area contributed by atoms with Gasteiger partial charge in [0.2, 0.25) is 0 Å². The molecule has 2 heteroatoms. The lowest BCUT2D eigenvalue weighted by Gasteiger charge is -2.12. The van der Waals surface area contributed by atoms with Crippen LogP contribution in [-0.2, 0) is 0 Å². The number of nitriles is 1. The molecule has 0 radical (unpaired) electrons. The summed E-state index contributed by atoms with van der Waals surface area (Å²) in [6.45, 7) is 6.31. The Morgan fingerprint density at radius 3 is 2.86 bits per heavy atom. The van der Waals surface area contributed by atoms with Crippen molar-refractivity contribution in [1.29, 1.82) is 5.26 Å². The van der Waals surface area contributed by atoms with Gasteiger partial charge in [0.1, 0.15) is 0 Å². The van der Waals surface area contributed by atoms with Crippen LogP contribution in [0, 0.1) is 18.3 Å². The maximum absolute atomic E-state index is 8.88. The lowest BCUT2D eigenvalue weighted by molar-refractivity contribution is 0.643. The normalized spacial score (nSPS) is 12.1. The van der Waals surface area contributed by atoms with Gasteiger partial charge in [-0.05, 0) is 30.9 Å². The minimum atomic E-state index is 0.452. The molecule has 1 unspecified atom stereocenters. The molecule has 1 aromatic rings.